The van der Waals surface area contributed by atoms with Gasteiger partial charge in [-0.3, -0.25) is 4.79 Å². The number of ether oxygens (including phenoxy) is 2. The number of carbonyl (C=O) groups is 1. The van der Waals surface area contributed by atoms with E-state index < -0.39 is 5.82 Å². The number of rotatable bonds is 9. The van der Waals surface area contributed by atoms with Gasteiger partial charge in [0, 0.05) is 11.4 Å². The zero-order chi connectivity index (χ0) is 21.8. The monoisotopic (exact) mass is 441 g/mol. The molecule has 5 nitrogen and oxygen atoms in total. The van der Waals surface area contributed by atoms with Crippen molar-refractivity contribution in [2.24, 2.45) is 5.92 Å². The summed E-state index contributed by atoms with van der Waals surface area (Å²) in [6.45, 7) is 0.702. The molecule has 1 aliphatic carbocycles. The highest BCUT2D eigenvalue weighted by Gasteiger charge is 2.23. The van der Waals surface area contributed by atoms with Crippen molar-refractivity contribution in [3.63, 3.8) is 0 Å². The van der Waals surface area contributed by atoms with Gasteiger partial charge in [0.15, 0.2) is 11.6 Å². The second-order valence-electron chi connectivity index (χ2n) is 7.53. The Morgan fingerprint density at radius 2 is 2.00 bits per heavy atom. The zero-order valence-corrected chi connectivity index (χ0v) is 18.0. The lowest BCUT2D eigenvalue weighted by atomic mass is 10.0. The molecule has 0 bridgehead atoms. The Bertz CT molecular complexity index is 1080. The van der Waals surface area contributed by atoms with E-state index in [0.29, 0.717) is 29.4 Å². The third kappa shape index (κ3) is 5.06. The van der Waals surface area contributed by atoms with Crippen LogP contribution in [0.1, 0.15) is 33.6 Å². The van der Waals surface area contributed by atoms with Crippen molar-refractivity contribution in [2.75, 3.05) is 13.7 Å². The summed E-state index contributed by atoms with van der Waals surface area (Å²) in [6, 6.07) is 12.0. The second kappa shape index (κ2) is 9.49. The van der Waals surface area contributed by atoms with Gasteiger partial charge >= 0.3 is 0 Å². The topological polar surface area (TPSA) is 67.8 Å². The van der Waals surface area contributed by atoms with E-state index in [1.54, 1.807) is 18.2 Å². The van der Waals surface area contributed by atoms with Gasteiger partial charge in [-0.15, -0.1) is 11.3 Å². The fourth-order valence-corrected chi connectivity index (χ4v) is 4.07. The largest absolute Gasteiger partial charge is 0.494 e. The number of benzene rings is 2. The molecule has 0 saturated heterocycles. The minimum atomic E-state index is -0.473. The van der Waals surface area contributed by atoms with Crippen molar-refractivity contribution in [2.45, 2.75) is 26.0 Å². The van der Waals surface area contributed by atoms with E-state index >= 15 is 0 Å². The zero-order valence-electron chi connectivity index (χ0n) is 17.2. The molecule has 2 N–H and O–H groups in total. The lowest BCUT2D eigenvalue weighted by Gasteiger charge is -2.14. The van der Waals surface area contributed by atoms with E-state index in [0.717, 1.165) is 28.8 Å². The van der Waals surface area contributed by atoms with Crippen LogP contribution in [0.2, 0.25) is 0 Å². The van der Waals surface area contributed by atoms with Gasteiger partial charge in [0.2, 0.25) is 0 Å². The molecule has 3 aromatic rings. The highest BCUT2D eigenvalue weighted by atomic mass is 32.1. The maximum atomic E-state index is 13.9. The predicted octanol–water partition coefficient (Wildman–Crippen LogP) is 4.77. The molecular weight excluding hydrogens is 417 g/mol. The SMILES string of the molecule is COc1ccc(CNC(=O)c2cc(-c3ccsc3CO)ccc2OCC2CC2)cc1F. The summed E-state index contributed by atoms with van der Waals surface area (Å²) in [4.78, 5) is 13.9. The van der Waals surface area contributed by atoms with Gasteiger partial charge in [-0.2, -0.15) is 0 Å². The van der Waals surface area contributed by atoms with E-state index in [1.165, 1.54) is 30.6 Å². The maximum absolute atomic E-state index is 13.9. The van der Waals surface area contributed by atoms with E-state index in [9.17, 15) is 14.3 Å². The number of carbonyl (C=O) groups excluding carboxylic acids is 1. The summed E-state index contributed by atoms with van der Waals surface area (Å²) >= 11 is 1.47. The van der Waals surface area contributed by atoms with Crippen molar-refractivity contribution < 1.29 is 23.8 Å². The van der Waals surface area contributed by atoms with Gasteiger partial charge in [-0.1, -0.05) is 12.1 Å². The molecule has 0 aliphatic heterocycles. The van der Waals surface area contributed by atoms with Crippen LogP contribution in [0.4, 0.5) is 4.39 Å². The maximum Gasteiger partial charge on any atom is 0.255 e. The summed E-state index contributed by atoms with van der Waals surface area (Å²) in [6.07, 6.45) is 2.30. The van der Waals surface area contributed by atoms with Crippen molar-refractivity contribution in [3.05, 3.63) is 69.7 Å². The molecule has 7 heteroatoms. The normalized spacial score (nSPS) is 13.1. The van der Waals surface area contributed by atoms with E-state index in [1.807, 2.05) is 17.5 Å². The Hall–Kier alpha value is -2.90. The van der Waals surface area contributed by atoms with Crippen LogP contribution in [0.25, 0.3) is 11.1 Å². The van der Waals surface area contributed by atoms with E-state index in [2.05, 4.69) is 5.32 Å². The van der Waals surface area contributed by atoms with Gasteiger partial charge in [0.05, 0.1) is 25.9 Å². The summed E-state index contributed by atoms with van der Waals surface area (Å²) in [5.74, 6) is 0.461. The van der Waals surface area contributed by atoms with Crippen molar-refractivity contribution in [1.82, 2.24) is 5.32 Å². The highest BCUT2D eigenvalue weighted by Crippen LogP contribution is 2.34. The van der Waals surface area contributed by atoms with Crippen LogP contribution < -0.4 is 14.8 Å². The third-order valence-corrected chi connectivity index (χ3v) is 6.17. The van der Waals surface area contributed by atoms with Crippen molar-refractivity contribution in [1.29, 1.82) is 0 Å². The van der Waals surface area contributed by atoms with Crippen LogP contribution in [-0.2, 0) is 13.2 Å². The Balaban J connectivity index is 1.56. The van der Waals surface area contributed by atoms with Gasteiger partial charge in [-0.05, 0) is 71.2 Å². The molecule has 162 valence electrons. The summed E-state index contributed by atoms with van der Waals surface area (Å²) in [5.41, 5.74) is 2.78. The summed E-state index contributed by atoms with van der Waals surface area (Å²) < 4.78 is 24.8. The third-order valence-electron chi connectivity index (χ3n) is 5.26. The molecule has 4 rings (SSSR count). The number of thiophene rings is 1. The first-order chi connectivity index (χ1) is 15.1. The average molecular weight is 442 g/mol. The Morgan fingerprint density at radius 3 is 2.71 bits per heavy atom. The number of aliphatic hydroxyl groups excluding tert-OH is 1. The Morgan fingerprint density at radius 1 is 1.19 bits per heavy atom. The molecule has 1 aromatic heterocycles. The first-order valence-electron chi connectivity index (χ1n) is 10.1. The number of halogens is 1. The smallest absolute Gasteiger partial charge is 0.255 e. The lowest BCUT2D eigenvalue weighted by Crippen LogP contribution is -2.24. The molecule has 1 aliphatic rings. The molecule has 0 unspecified atom stereocenters. The van der Waals surface area contributed by atoms with E-state index in [-0.39, 0.29) is 24.8 Å². The Labute approximate surface area is 184 Å². The minimum absolute atomic E-state index is 0.0580. The number of hydrogen-bond donors (Lipinski definition) is 2. The minimum Gasteiger partial charge on any atom is -0.494 e. The lowest BCUT2D eigenvalue weighted by molar-refractivity contribution is 0.0946. The quantitative estimate of drug-likeness (QED) is 0.502. The average Bonchev–Trinajstić information content (AvgIpc) is 3.50. The molecule has 1 amide bonds. The molecule has 31 heavy (non-hydrogen) atoms. The fourth-order valence-electron chi connectivity index (χ4n) is 3.31. The number of nitrogens with one attached hydrogen (secondary N) is 1. The van der Waals surface area contributed by atoms with E-state index in [4.69, 9.17) is 9.47 Å². The van der Waals surface area contributed by atoms with Crippen LogP contribution in [-0.4, -0.2) is 24.7 Å². The van der Waals surface area contributed by atoms with Gasteiger partial charge in [-0.25, -0.2) is 4.39 Å². The number of amides is 1. The highest BCUT2D eigenvalue weighted by molar-refractivity contribution is 7.10. The summed E-state index contributed by atoms with van der Waals surface area (Å²) in [5, 5.41) is 14.4. The molecule has 0 spiro atoms. The standard InChI is InChI=1S/C24H24FNO4S/c1-29-22-6-4-16(10-20(22)25)12-26-24(28)19-11-17(18-8-9-31-23(18)13-27)5-7-21(19)30-14-15-2-3-15/h4-11,15,27H,2-3,12-14H2,1H3,(H,26,28). The molecule has 1 saturated carbocycles. The van der Waals surface area contributed by atoms with Crippen LogP contribution in [0.5, 0.6) is 11.5 Å². The molecule has 1 fully saturated rings. The molecule has 0 atom stereocenters. The molecule has 1 heterocycles. The summed E-state index contributed by atoms with van der Waals surface area (Å²) in [7, 11) is 1.41. The first kappa shape index (κ1) is 21.3. The second-order valence-corrected chi connectivity index (χ2v) is 8.53. The first-order valence-corrected chi connectivity index (χ1v) is 11.0. The molecule has 0 radical (unpaired) electrons. The van der Waals surface area contributed by atoms with Gasteiger partial charge in [0.1, 0.15) is 5.75 Å². The van der Waals surface area contributed by atoms with Crippen LogP contribution in [0.3, 0.4) is 0 Å². The fraction of sp³-hybridized carbons (Fsp3) is 0.292. The number of hydrogen-bond acceptors (Lipinski definition) is 5. The van der Waals surface area contributed by atoms with Gasteiger partial charge in [0.25, 0.3) is 5.91 Å². The van der Waals surface area contributed by atoms with Crippen molar-refractivity contribution in [3.8, 4) is 22.6 Å². The molecule has 2 aromatic carbocycles. The number of methoxy groups -OCH3 is 1. The Kier molecular flexibility index (Phi) is 6.53. The number of aliphatic hydroxyl groups is 1. The van der Waals surface area contributed by atoms with Crippen LogP contribution in [0.15, 0.2) is 47.8 Å². The molecular formula is C24H24FNO4S. The van der Waals surface area contributed by atoms with Crippen LogP contribution in [0, 0.1) is 11.7 Å². The predicted molar refractivity (Wildman–Crippen MR) is 118 cm³/mol. The van der Waals surface area contributed by atoms with Crippen molar-refractivity contribution >= 4 is 17.2 Å². The van der Waals surface area contributed by atoms with Crippen LogP contribution >= 0.6 is 11.3 Å². The van der Waals surface area contributed by atoms with Gasteiger partial charge < -0.3 is 19.9 Å².